The van der Waals surface area contributed by atoms with Crippen LogP contribution in [0, 0.1) is 5.92 Å². The number of rotatable bonds is 10. The molecular formula is C43H49FN4O5. The molecule has 1 heterocycles. The van der Waals surface area contributed by atoms with Gasteiger partial charge in [0, 0.05) is 24.2 Å². The molecule has 2 N–H and O–H groups in total. The number of amides is 3. The highest BCUT2D eigenvalue weighted by Gasteiger charge is 2.41. The van der Waals surface area contributed by atoms with Crippen molar-refractivity contribution in [2.45, 2.75) is 95.7 Å². The van der Waals surface area contributed by atoms with E-state index in [9.17, 15) is 14.4 Å². The molecule has 3 amide bonds. The quantitative estimate of drug-likeness (QED) is 0.169. The van der Waals surface area contributed by atoms with E-state index in [1.54, 1.807) is 18.1 Å². The number of nitrogens with zero attached hydrogens (tertiary/aromatic N) is 2. The van der Waals surface area contributed by atoms with Crippen molar-refractivity contribution in [1.82, 2.24) is 15.2 Å². The molecule has 2 aliphatic rings. The molecule has 2 fully saturated rings. The van der Waals surface area contributed by atoms with E-state index < -0.39 is 41.3 Å². The standard InChI is InChI=1S/C43H49FN4O5/c1-42(2,3)53-40(50)47-43(24-11-25-43)33-20-16-32(17-21-33)38-36(30-14-9-6-10-15-30)26-34(27-45-38)46-39(49)37(44)31-18-22-35(23-19-31)48(4)41(51)52-28-29-12-7-5-8-13-29/h5-10,12-17,20-21,26-27,31,35,37H,11,18-19,22-25,28H2,1-4H3,(H,46,49)(H,47,50). The molecule has 278 valence electrons. The van der Waals surface area contributed by atoms with Crippen LogP contribution in [0.1, 0.15) is 76.8 Å². The zero-order valence-electron chi connectivity index (χ0n) is 30.9. The number of hydrogen-bond donors (Lipinski definition) is 2. The van der Waals surface area contributed by atoms with E-state index in [0.29, 0.717) is 37.1 Å². The summed E-state index contributed by atoms with van der Waals surface area (Å²) in [5.74, 6) is -1.16. The Labute approximate surface area is 311 Å². The summed E-state index contributed by atoms with van der Waals surface area (Å²) in [5, 5.41) is 5.89. The van der Waals surface area contributed by atoms with E-state index in [1.807, 2.05) is 112 Å². The highest BCUT2D eigenvalue weighted by Crippen LogP contribution is 2.42. The Morgan fingerprint density at radius 3 is 2.15 bits per heavy atom. The Kier molecular flexibility index (Phi) is 11.5. The van der Waals surface area contributed by atoms with Crippen LogP contribution in [0.5, 0.6) is 0 Å². The largest absolute Gasteiger partial charge is 0.445 e. The summed E-state index contributed by atoms with van der Waals surface area (Å²) in [6, 6.07) is 29.0. The van der Waals surface area contributed by atoms with Crippen molar-refractivity contribution in [1.29, 1.82) is 0 Å². The van der Waals surface area contributed by atoms with Crippen molar-refractivity contribution < 1.29 is 28.2 Å². The molecule has 0 aliphatic heterocycles. The van der Waals surface area contributed by atoms with Crippen LogP contribution in [0.3, 0.4) is 0 Å². The number of alkyl carbamates (subject to hydrolysis) is 1. The van der Waals surface area contributed by atoms with Crippen molar-refractivity contribution in [3.05, 3.63) is 108 Å². The van der Waals surface area contributed by atoms with E-state index in [2.05, 4.69) is 10.6 Å². The maximum absolute atomic E-state index is 15.7. The molecule has 0 radical (unpaired) electrons. The molecule has 3 aromatic carbocycles. The zero-order chi connectivity index (χ0) is 37.6. The first-order valence-electron chi connectivity index (χ1n) is 18.5. The summed E-state index contributed by atoms with van der Waals surface area (Å²) in [6.45, 7) is 5.73. The molecule has 10 heteroatoms. The Balaban J connectivity index is 1.10. The van der Waals surface area contributed by atoms with Crippen LogP contribution in [0.15, 0.2) is 97.2 Å². The molecule has 2 saturated carbocycles. The van der Waals surface area contributed by atoms with Gasteiger partial charge >= 0.3 is 12.2 Å². The van der Waals surface area contributed by atoms with Gasteiger partial charge in [0.1, 0.15) is 12.2 Å². The lowest BCUT2D eigenvalue weighted by molar-refractivity contribution is -0.123. The first-order valence-corrected chi connectivity index (χ1v) is 18.5. The van der Waals surface area contributed by atoms with Gasteiger partial charge in [-0.1, -0.05) is 84.9 Å². The third-order valence-corrected chi connectivity index (χ3v) is 10.3. The van der Waals surface area contributed by atoms with E-state index in [0.717, 1.165) is 47.1 Å². The van der Waals surface area contributed by atoms with Crippen LogP contribution in [-0.4, -0.2) is 52.8 Å². The average molecular weight is 721 g/mol. The third kappa shape index (κ3) is 9.22. The fourth-order valence-corrected chi connectivity index (χ4v) is 7.24. The van der Waals surface area contributed by atoms with Crippen molar-refractivity contribution in [2.75, 3.05) is 12.4 Å². The predicted molar refractivity (Wildman–Crippen MR) is 204 cm³/mol. The molecule has 1 atom stereocenters. The molecule has 4 aromatic rings. The minimum absolute atomic E-state index is 0.0792. The van der Waals surface area contributed by atoms with Gasteiger partial charge in [-0.15, -0.1) is 0 Å². The Morgan fingerprint density at radius 1 is 0.906 bits per heavy atom. The number of aromatic nitrogens is 1. The first-order chi connectivity index (χ1) is 25.4. The number of nitrogens with one attached hydrogen (secondary N) is 2. The minimum Gasteiger partial charge on any atom is -0.445 e. The lowest BCUT2D eigenvalue weighted by Crippen LogP contribution is -2.52. The Bertz CT molecular complexity index is 1870. The second-order valence-electron chi connectivity index (χ2n) is 15.2. The number of hydrogen-bond acceptors (Lipinski definition) is 6. The lowest BCUT2D eigenvalue weighted by Gasteiger charge is -2.43. The van der Waals surface area contributed by atoms with Gasteiger partial charge in [0.05, 0.1) is 23.1 Å². The Morgan fingerprint density at radius 2 is 1.55 bits per heavy atom. The number of anilines is 1. The van der Waals surface area contributed by atoms with Gasteiger partial charge in [-0.25, -0.2) is 14.0 Å². The Hall–Kier alpha value is -5.25. The van der Waals surface area contributed by atoms with Gasteiger partial charge in [0.2, 0.25) is 0 Å². The molecule has 6 rings (SSSR count). The van der Waals surface area contributed by atoms with E-state index in [1.165, 1.54) is 0 Å². The smallest absolute Gasteiger partial charge is 0.410 e. The summed E-state index contributed by atoms with van der Waals surface area (Å²) in [7, 11) is 1.71. The van der Waals surface area contributed by atoms with Gasteiger partial charge in [-0.05, 0) is 94.4 Å². The summed E-state index contributed by atoms with van der Waals surface area (Å²) in [5.41, 5.74) is 4.52. The van der Waals surface area contributed by atoms with Crippen LogP contribution in [0.2, 0.25) is 0 Å². The third-order valence-electron chi connectivity index (χ3n) is 10.3. The summed E-state index contributed by atoms with van der Waals surface area (Å²) < 4.78 is 26.7. The maximum Gasteiger partial charge on any atom is 0.410 e. The number of carbonyl (C=O) groups is 3. The number of alkyl halides is 1. The highest BCUT2D eigenvalue weighted by atomic mass is 19.1. The van der Waals surface area contributed by atoms with Crippen LogP contribution in [0.25, 0.3) is 22.4 Å². The highest BCUT2D eigenvalue weighted by molar-refractivity contribution is 5.95. The van der Waals surface area contributed by atoms with E-state index in [4.69, 9.17) is 14.5 Å². The second kappa shape index (κ2) is 16.2. The van der Waals surface area contributed by atoms with Crippen LogP contribution >= 0.6 is 0 Å². The number of ether oxygens (including phenoxy) is 2. The normalized spacial score (nSPS) is 18.5. The minimum atomic E-state index is -1.70. The van der Waals surface area contributed by atoms with Crippen molar-refractivity contribution >= 4 is 23.8 Å². The van der Waals surface area contributed by atoms with E-state index in [-0.39, 0.29) is 12.6 Å². The van der Waals surface area contributed by atoms with Gasteiger partial charge in [0.25, 0.3) is 5.91 Å². The second-order valence-corrected chi connectivity index (χ2v) is 15.2. The molecule has 1 aromatic heterocycles. The average Bonchev–Trinajstić information content (AvgIpc) is 3.15. The van der Waals surface area contributed by atoms with Crippen LogP contribution in [0.4, 0.5) is 19.7 Å². The lowest BCUT2D eigenvalue weighted by atomic mass is 9.71. The van der Waals surface area contributed by atoms with Gasteiger partial charge in [-0.3, -0.25) is 9.78 Å². The van der Waals surface area contributed by atoms with Crippen molar-refractivity contribution in [3.8, 4) is 22.4 Å². The molecule has 53 heavy (non-hydrogen) atoms. The molecule has 1 unspecified atom stereocenters. The van der Waals surface area contributed by atoms with Gasteiger partial charge in [-0.2, -0.15) is 0 Å². The van der Waals surface area contributed by atoms with Crippen LogP contribution in [-0.2, 0) is 26.4 Å². The topological polar surface area (TPSA) is 110 Å². The molecule has 0 saturated heterocycles. The van der Waals surface area contributed by atoms with E-state index >= 15 is 4.39 Å². The number of carbonyl (C=O) groups excluding carboxylic acids is 3. The molecule has 9 nitrogen and oxygen atoms in total. The fourth-order valence-electron chi connectivity index (χ4n) is 7.24. The number of halogens is 1. The fraction of sp³-hybridized carbons (Fsp3) is 0.395. The summed E-state index contributed by atoms with van der Waals surface area (Å²) in [4.78, 5) is 44.9. The number of pyridine rings is 1. The predicted octanol–water partition coefficient (Wildman–Crippen LogP) is 9.42. The van der Waals surface area contributed by atoms with Crippen molar-refractivity contribution in [2.24, 2.45) is 5.92 Å². The first kappa shape index (κ1) is 37.5. The molecule has 0 spiro atoms. The van der Waals surface area contributed by atoms with Crippen LogP contribution < -0.4 is 10.6 Å². The summed E-state index contributed by atoms with van der Waals surface area (Å²) >= 11 is 0. The molecular weight excluding hydrogens is 671 g/mol. The molecule has 2 aliphatic carbocycles. The monoisotopic (exact) mass is 720 g/mol. The SMILES string of the molecule is CN(C(=O)OCc1ccccc1)C1CCC(C(F)C(=O)Nc2cnc(-c3ccc(C4(NC(=O)OC(C)(C)C)CCC4)cc3)c(-c3ccccc3)c2)CC1. The maximum atomic E-state index is 15.7. The number of benzene rings is 3. The van der Waals surface area contributed by atoms with Crippen molar-refractivity contribution in [3.63, 3.8) is 0 Å². The van der Waals surface area contributed by atoms with Gasteiger partial charge < -0.3 is 25.0 Å². The zero-order valence-corrected chi connectivity index (χ0v) is 30.9. The van der Waals surface area contributed by atoms with Gasteiger partial charge in [0.15, 0.2) is 6.17 Å². The molecule has 0 bridgehead atoms. The summed E-state index contributed by atoms with van der Waals surface area (Å²) in [6.07, 6.45) is 3.80.